The van der Waals surface area contributed by atoms with Gasteiger partial charge < -0.3 is 25.9 Å². The molecule has 0 spiro atoms. The third kappa shape index (κ3) is 3.66. The minimum Gasteiger partial charge on any atom is -0.481 e. The fraction of sp³-hybridized carbons (Fsp3) is 0.294. The average Bonchev–Trinajstić information content (AvgIpc) is 3.15. The highest BCUT2D eigenvalue weighted by molar-refractivity contribution is 6.00. The maximum Gasteiger partial charge on any atom is 0.304 e. The molecule has 136 valence electrons. The van der Waals surface area contributed by atoms with E-state index in [1.807, 2.05) is 0 Å². The molecule has 1 aliphatic rings. The minimum atomic E-state index is -1.03. The maximum absolute atomic E-state index is 12.3. The van der Waals surface area contributed by atoms with E-state index in [-0.39, 0.29) is 36.5 Å². The van der Waals surface area contributed by atoms with Crippen LogP contribution in [0, 0.1) is 11.3 Å². The number of nitrogens with one attached hydrogen (secondary N) is 3. The zero-order valence-electron chi connectivity index (χ0n) is 13.7. The van der Waals surface area contributed by atoms with E-state index in [2.05, 4.69) is 10.6 Å². The second-order valence-corrected chi connectivity index (χ2v) is 6.22. The number of furan rings is 1. The molecule has 0 radical (unpaired) electrons. The number of hydrogen-bond donors (Lipinski definition) is 5. The summed E-state index contributed by atoms with van der Waals surface area (Å²) in [7, 11) is 0. The Morgan fingerprint density at radius 1 is 1.38 bits per heavy atom. The van der Waals surface area contributed by atoms with Crippen molar-refractivity contribution in [2.75, 3.05) is 6.54 Å². The van der Waals surface area contributed by atoms with Crippen LogP contribution in [-0.4, -0.2) is 41.3 Å². The molecule has 1 aliphatic heterocycles. The number of carbonyl (C=O) groups is 3. The van der Waals surface area contributed by atoms with E-state index in [0.717, 1.165) is 0 Å². The number of aliphatic carboxylic acids is 1. The van der Waals surface area contributed by atoms with Crippen LogP contribution in [0.1, 0.15) is 29.0 Å². The molecule has 1 saturated heterocycles. The van der Waals surface area contributed by atoms with Gasteiger partial charge in [-0.25, -0.2) is 0 Å². The van der Waals surface area contributed by atoms with Crippen molar-refractivity contribution in [1.29, 1.82) is 5.41 Å². The molecule has 2 heterocycles. The molecule has 1 aromatic heterocycles. The normalized spacial score (nSPS) is 19.3. The molecule has 2 amide bonds. The van der Waals surface area contributed by atoms with Crippen LogP contribution < -0.4 is 16.4 Å². The lowest BCUT2D eigenvalue weighted by molar-refractivity contribution is -0.140. The summed E-state index contributed by atoms with van der Waals surface area (Å²) in [5, 5.41) is 22.3. The highest BCUT2D eigenvalue weighted by Crippen LogP contribution is 2.21. The Labute approximate surface area is 148 Å². The predicted octanol–water partition coefficient (Wildman–Crippen LogP) is 0.426. The predicted molar refractivity (Wildman–Crippen MR) is 91.9 cm³/mol. The van der Waals surface area contributed by atoms with Crippen molar-refractivity contribution in [1.82, 2.24) is 10.6 Å². The van der Waals surface area contributed by atoms with Crippen molar-refractivity contribution >= 4 is 34.6 Å². The van der Waals surface area contributed by atoms with Gasteiger partial charge >= 0.3 is 5.97 Å². The van der Waals surface area contributed by atoms with Gasteiger partial charge in [-0.15, -0.1) is 0 Å². The number of rotatable bonds is 6. The number of fused-ring (bicyclic) bond motifs is 1. The molecule has 0 saturated carbocycles. The Balaban J connectivity index is 1.62. The van der Waals surface area contributed by atoms with Crippen molar-refractivity contribution in [3.05, 3.63) is 35.6 Å². The van der Waals surface area contributed by atoms with E-state index in [0.29, 0.717) is 23.0 Å². The van der Waals surface area contributed by atoms with E-state index < -0.39 is 17.8 Å². The van der Waals surface area contributed by atoms with Crippen molar-refractivity contribution in [3.8, 4) is 0 Å². The maximum atomic E-state index is 12.3. The van der Waals surface area contributed by atoms with Gasteiger partial charge in [0.1, 0.15) is 11.4 Å². The molecular formula is C17H18N4O5. The Bertz CT molecular complexity index is 904. The molecule has 2 aromatic rings. The SMILES string of the molecule is N=C(N)c1ccc2cc(C(=O)NCC3CC(CC(=O)O)C(=O)N3)oc2c1. The number of amides is 2. The molecule has 26 heavy (non-hydrogen) atoms. The zero-order valence-corrected chi connectivity index (χ0v) is 13.7. The minimum absolute atomic E-state index is 0.0952. The third-order valence-corrected chi connectivity index (χ3v) is 4.27. The Morgan fingerprint density at radius 2 is 2.15 bits per heavy atom. The highest BCUT2D eigenvalue weighted by Gasteiger charge is 2.33. The molecule has 2 unspecified atom stereocenters. The van der Waals surface area contributed by atoms with Gasteiger partial charge in [-0.05, 0) is 18.6 Å². The largest absolute Gasteiger partial charge is 0.481 e. The van der Waals surface area contributed by atoms with Crippen molar-refractivity contribution in [2.45, 2.75) is 18.9 Å². The van der Waals surface area contributed by atoms with Crippen LogP contribution in [0.3, 0.4) is 0 Å². The van der Waals surface area contributed by atoms with Gasteiger partial charge in [0.2, 0.25) is 5.91 Å². The lowest BCUT2D eigenvalue weighted by atomic mass is 10.0. The standard InChI is InChI=1S/C17H18N4O5/c18-15(19)9-2-1-8-4-13(26-12(8)5-9)17(25)20-7-11-3-10(6-14(22)23)16(24)21-11/h1-2,4-5,10-11H,3,6-7H2,(H3,18,19)(H,20,25)(H,21,24)(H,22,23). The zero-order chi connectivity index (χ0) is 18.8. The number of benzene rings is 1. The molecule has 3 rings (SSSR count). The van der Waals surface area contributed by atoms with Crippen LogP contribution in [0.25, 0.3) is 11.0 Å². The van der Waals surface area contributed by atoms with E-state index in [4.69, 9.17) is 20.7 Å². The van der Waals surface area contributed by atoms with Gasteiger partial charge in [0.05, 0.1) is 12.3 Å². The molecule has 9 heteroatoms. The Kier molecular flexibility index (Phi) is 4.61. The van der Waals surface area contributed by atoms with Crippen LogP contribution >= 0.6 is 0 Å². The first-order chi connectivity index (χ1) is 12.3. The summed E-state index contributed by atoms with van der Waals surface area (Å²) in [6.07, 6.45) is 0.131. The molecule has 0 bridgehead atoms. The Morgan fingerprint density at radius 3 is 2.85 bits per heavy atom. The van der Waals surface area contributed by atoms with Gasteiger partial charge in [-0.3, -0.25) is 19.8 Å². The molecule has 2 atom stereocenters. The van der Waals surface area contributed by atoms with Crippen LogP contribution in [0.4, 0.5) is 0 Å². The fourth-order valence-corrected chi connectivity index (χ4v) is 2.96. The number of carbonyl (C=O) groups excluding carboxylic acids is 2. The second kappa shape index (κ2) is 6.87. The summed E-state index contributed by atoms with van der Waals surface area (Å²) < 4.78 is 5.50. The molecule has 1 aromatic carbocycles. The van der Waals surface area contributed by atoms with Crippen LogP contribution in [0.5, 0.6) is 0 Å². The number of nitrogens with two attached hydrogens (primary N) is 1. The van der Waals surface area contributed by atoms with Gasteiger partial charge in [0.15, 0.2) is 5.76 Å². The molecular weight excluding hydrogens is 340 g/mol. The summed E-state index contributed by atoms with van der Waals surface area (Å²) in [6.45, 7) is 0.177. The quantitative estimate of drug-likeness (QED) is 0.372. The van der Waals surface area contributed by atoms with Gasteiger partial charge in [0.25, 0.3) is 5.91 Å². The number of amidine groups is 1. The first-order valence-corrected chi connectivity index (χ1v) is 8.02. The molecule has 1 fully saturated rings. The first-order valence-electron chi connectivity index (χ1n) is 8.02. The van der Waals surface area contributed by atoms with Crippen molar-refractivity contribution in [3.63, 3.8) is 0 Å². The summed E-state index contributed by atoms with van der Waals surface area (Å²) in [4.78, 5) is 34.7. The van der Waals surface area contributed by atoms with Crippen molar-refractivity contribution < 1.29 is 23.9 Å². The van der Waals surface area contributed by atoms with Crippen LogP contribution in [0.2, 0.25) is 0 Å². The smallest absolute Gasteiger partial charge is 0.304 e. The lowest BCUT2D eigenvalue weighted by Gasteiger charge is -2.10. The summed E-state index contributed by atoms with van der Waals surface area (Å²) in [5.74, 6) is -2.35. The Hall–Kier alpha value is -3.36. The van der Waals surface area contributed by atoms with Crippen molar-refractivity contribution in [2.24, 2.45) is 11.7 Å². The fourth-order valence-electron chi connectivity index (χ4n) is 2.96. The molecule has 9 nitrogen and oxygen atoms in total. The third-order valence-electron chi connectivity index (χ3n) is 4.27. The molecule has 6 N–H and O–H groups in total. The molecule has 0 aliphatic carbocycles. The average molecular weight is 358 g/mol. The van der Waals surface area contributed by atoms with E-state index in [1.54, 1.807) is 24.3 Å². The monoisotopic (exact) mass is 358 g/mol. The summed E-state index contributed by atoms with van der Waals surface area (Å²) in [6, 6.07) is 6.22. The van der Waals surface area contributed by atoms with E-state index in [9.17, 15) is 14.4 Å². The lowest BCUT2D eigenvalue weighted by Crippen LogP contribution is -2.38. The number of carboxylic acid groups (broad SMARTS) is 1. The van der Waals surface area contributed by atoms with Crippen LogP contribution in [0.15, 0.2) is 28.7 Å². The van der Waals surface area contributed by atoms with Gasteiger partial charge in [-0.1, -0.05) is 12.1 Å². The number of hydrogen-bond acceptors (Lipinski definition) is 5. The van der Waals surface area contributed by atoms with E-state index >= 15 is 0 Å². The number of carboxylic acids is 1. The van der Waals surface area contributed by atoms with E-state index in [1.165, 1.54) is 0 Å². The van der Waals surface area contributed by atoms with Gasteiger partial charge in [0, 0.05) is 23.5 Å². The second-order valence-electron chi connectivity index (χ2n) is 6.22. The summed E-state index contributed by atoms with van der Waals surface area (Å²) in [5.41, 5.74) is 6.37. The van der Waals surface area contributed by atoms with Crippen LogP contribution in [-0.2, 0) is 9.59 Å². The van der Waals surface area contributed by atoms with Gasteiger partial charge in [-0.2, -0.15) is 0 Å². The topological polar surface area (TPSA) is 159 Å². The summed E-state index contributed by atoms with van der Waals surface area (Å²) >= 11 is 0. The first kappa shape index (κ1) is 17.5. The highest BCUT2D eigenvalue weighted by atomic mass is 16.4. The number of nitrogen functional groups attached to an aromatic ring is 1.